The minimum absolute atomic E-state index is 0.0459. The zero-order chi connectivity index (χ0) is 38.6. The number of ether oxygens (including phenoxy) is 1. The Labute approximate surface area is 317 Å². The Morgan fingerprint density at radius 1 is 1.02 bits per heavy atom. The van der Waals surface area contributed by atoms with E-state index in [0.29, 0.717) is 30.9 Å². The van der Waals surface area contributed by atoms with E-state index in [1.54, 1.807) is 6.07 Å². The molecule has 286 valence electrons. The summed E-state index contributed by atoms with van der Waals surface area (Å²) in [7, 11) is -4.66. The number of aryl methyl sites for hydroxylation is 1. The number of nitrogens with zero attached hydrogens (tertiary/aromatic N) is 3. The third-order valence-corrected chi connectivity index (χ3v) is 12.0. The van der Waals surface area contributed by atoms with E-state index in [1.165, 1.54) is 28.9 Å². The standard InChI is InChI=1S/C42H49N3O8S/c1-41(2,3)35-25-27(31-24-28-13-10-21-43-22-11-14-30(39(28)43)40(31)52-35)12-9-15-34-42(4,5)32-26-29(54(49,50)51)17-18-33(32)44(34)23-8-6-7-16-38(48)53-45-36(46)19-20-37(45)47/h9,12,15,17-18,24-26H,6-8,10-11,13-14,16,19-23H2,1-5H3. The number of amides is 2. The van der Waals surface area contributed by atoms with Crippen molar-refractivity contribution in [3.8, 4) is 5.75 Å². The Balaban J connectivity index is 1.18. The maximum absolute atomic E-state index is 12.4. The number of carbonyl (C=O) groups is 3. The smallest absolute Gasteiger partial charge is 0.333 e. The van der Waals surface area contributed by atoms with Crippen molar-refractivity contribution < 1.29 is 41.5 Å². The van der Waals surface area contributed by atoms with Crippen LogP contribution in [0.4, 0.5) is 11.4 Å². The summed E-state index contributed by atoms with van der Waals surface area (Å²) in [5.74, 6) is 0.242. The SMILES string of the molecule is CC(C)(C)C1=C/C(=C\C=C\C2=[N+](CCCCCC(=O)ON3C(=O)CCC3=O)c3ccc(S(=O)(=O)[O-])cc3C2(C)C)c2cc3c4c(c2O1)CCCN4CCC3. The molecule has 0 atom stereocenters. The van der Waals surface area contributed by atoms with E-state index in [9.17, 15) is 27.4 Å². The van der Waals surface area contributed by atoms with Gasteiger partial charge in [0.15, 0.2) is 5.71 Å². The van der Waals surface area contributed by atoms with Crippen molar-refractivity contribution in [1.82, 2.24) is 5.06 Å². The van der Waals surface area contributed by atoms with Crippen molar-refractivity contribution in [1.29, 1.82) is 0 Å². The van der Waals surface area contributed by atoms with Gasteiger partial charge in [-0.1, -0.05) is 32.9 Å². The van der Waals surface area contributed by atoms with Gasteiger partial charge in [-0.25, -0.2) is 13.2 Å². The van der Waals surface area contributed by atoms with Gasteiger partial charge in [-0.05, 0) is 87.8 Å². The van der Waals surface area contributed by atoms with Gasteiger partial charge in [0.2, 0.25) is 5.69 Å². The Hall–Kier alpha value is -4.55. The van der Waals surface area contributed by atoms with Crippen LogP contribution in [-0.2, 0) is 47.6 Å². The van der Waals surface area contributed by atoms with Crippen LogP contribution in [0.5, 0.6) is 5.75 Å². The highest BCUT2D eigenvalue weighted by Gasteiger charge is 2.44. The van der Waals surface area contributed by atoms with E-state index in [1.807, 2.05) is 13.8 Å². The number of carbonyl (C=O) groups excluding carboxylic acids is 3. The predicted octanol–water partition coefficient (Wildman–Crippen LogP) is 6.80. The number of anilines is 1. The number of hydrogen-bond acceptors (Lipinski definition) is 9. The van der Waals surface area contributed by atoms with E-state index in [-0.39, 0.29) is 29.6 Å². The first kappa shape index (κ1) is 37.8. The second-order valence-corrected chi connectivity index (χ2v) is 17.8. The van der Waals surface area contributed by atoms with E-state index >= 15 is 0 Å². The van der Waals surface area contributed by atoms with Gasteiger partial charge in [-0.2, -0.15) is 4.58 Å². The number of hydrogen-bond donors (Lipinski definition) is 0. The monoisotopic (exact) mass is 755 g/mol. The molecule has 0 unspecified atom stereocenters. The van der Waals surface area contributed by atoms with Gasteiger partial charge < -0.3 is 19.0 Å². The Morgan fingerprint density at radius 2 is 1.74 bits per heavy atom. The van der Waals surface area contributed by atoms with Crippen LogP contribution >= 0.6 is 0 Å². The molecule has 5 aliphatic heterocycles. The van der Waals surface area contributed by atoms with Gasteiger partial charge in [0.05, 0.1) is 10.3 Å². The van der Waals surface area contributed by atoms with E-state index in [0.717, 1.165) is 78.4 Å². The Bertz CT molecular complexity index is 2150. The van der Waals surface area contributed by atoms with E-state index < -0.39 is 33.3 Å². The van der Waals surface area contributed by atoms with Gasteiger partial charge in [0.25, 0.3) is 11.8 Å². The highest BCUT2D eigenvalue weighted by molar-refractivity contribution is 7.85. The lowest BCUT2D eigenvalue weighted by atomic mass is 9.81. The van der Waals surface area contributed by atoms with Crippen molar-refractivity contribution in [3.05, 3.63) is 76.6 Å². The van der Waals surface area contributed by atoms with Crippen molar-refractivity contribution >= 4 is 50.6 Å². The molecule has 5 heterocycles. The number of hydroxylamine groups is 2. The fraction of sp³-hybridized carbons (Fsp3) is 0.476. The number of imide groups is 1. The molecule has 2 aromatic rings. The zero-order valence-corrected chi connectivity index (χ0v) is 32.6. The molecule has 54 heavy (non-hydrogen) atoms. The van der Waals surface area contributed by atoms with Gasteiger partial charge in [-0.3, -0.25) is 9.59 Å². The summed E-state index contributed by atoms with van der Waals surface area (Å²) in [4.78, 5) is 43.3. The van der Waals surface area contributed by atoms with E-state index in [4.69, 9.17) is 9.57 Å². The van der Waals surface area contributed by atoms with Crippen LogP contribution in [0.1, 0.15) is 108 Å². The first-order valence-corrected chi connectivity index (χ1v) is 20.5. The van der Waals surface area contributed by atoms with Crippen LogP contribution in [0.3, 0.4) is 0 Å². The molecule has 1 fully saturated rings. The molecule has 0 aromatic heterocycles. The van der Waals surface area contributed by atoms with Crippen LogP contribution in [0.2, 0.25) is 0 Å². The summed E-state index contributed by atoms with van der Waals surface area (Å²) in [5, 5.41) is 0.571. The number of allylic oxidation sites excluding steroid dienone is 6. The normalized spacial score (nSPS) is 20.0. The summed E-state index contributed by atoms with van der Waals surface area (Å²) >= 11 is 0. The fourth-order valence-corrected chi connectivity index (χ4v) is 8.84. The second-order valence-electron chi connectivity index (χ2n) is 16.4. The second kappa shape index (κ2) is 14.3. The van der Waals surface area contributed by atoms with Crippen molar-refractivity contribution in [2.24, 2.45) is 5.41 Å². The summed E-state index contributed by atoms with van der Waals surface area (Å²) in [6.07, 6.45) is 14.7. The summed E-state index contributed by atoms with van der Waals surface area (Å²) < 4.78 is 45.1. The van der Waals surface area contributed by atoms with Gasteiger partial charge in [0, 0.05) is 78.7 Å². The fourth-order valence-electron chi connectivity index (χ4n) is 8.34. The maximum Gasteiger partial charge on any atom is 0.333 e. The molecule has 0 radical (unpaired) electrons. The number of rotatable bonds is 10. The lowest BCUT2D eigenvalue weighted by molar-refractivity contribution is -0.438. The number of benzene rings is 2. The van der Waals surface area contributed by atoms with E-state index in [2.05, 4.69) is 60.6 Å². The number of fused-ring (bicyclic) bond motifs is 3. The summed E-state index contributed by atoms with van der Waals surface area (Å²) in [6.45, 7) is 13.3. The lowest BCUT2D eigenvalue weighted by Crippen LogP contribution is -2.35. The molecule has 7 rings (SSSR count). The van der Waals surface area contributed by atoms with Crippen molar-refractivity contribution in [2.45, 2.75) is 109 Å². The van der Waals surface area contributed by atoms with Crippen molar-refractivity contribution in [3.63, 3.8) is 0 Å². The first-order chi connectivity index (χ1) is 25.5. The van der Waals surface area contributed by atoms with Gasteiger partial charge in [-0.15, -0.1) is 5.06 Å². The van der Waals surface area contributed by atoms with Gasteiger partial charge in [0.1, 0.15) is 28.2 Å². The predicted molar refractivity (Wildman–Crippen MR) is 203 cm³/mol. The minimum atomic E-state index is -4.66. The summed E-state index contributed by atoms with van der Waals surface area (Å²) in [5.41, 5.74) is 7.90. The van der Waals surface area contributed by atoms with Crippen LogP contribution in [0.15, 0.2) is 59.2 Å². The van der Waals surface area contributed by atoms with Crippen LogP contribution in [0.25, 0.3) is 5.57 Å². The Kier molecular flexibility index (Phi) is 9.97. The molecule has 0 spiro atoms. The molecular formula is C42H49N3O8S. The molecule has 11 nitrogen and oxygen atoms in total. The third kappa shape index (κ3) is 7.18. The molecule has 2 aromatic carbocycles. The largest absolute Gasteiger partial charge is 0.744 e. The number of unbranched alkanes of at least 4 members (excludes halogenated alkanes) is 2. The highest BCUT2D eigenvalue weighted by Crippen LogP contribution is 2.49. The maximum atomic E-state index is 12.4. The molecule has 0 saturated carbocycles. The summed E-state index contributed by atoms with van der Waals surface area (Å²) in [6, 6.07) is 6.87. The molecule has 5 aliphatic rings. The third-order valence-electron chi connectivity index (χ3n) is 11.2. The quantitative estimate of drug-likeness (QED) is 0.111. The topological polar surface area (TPSA) is 136 Å². The molecule has 0 bridgehead atoms. The van der Waals surface area contributed by atoms with Gasteiger partial charge >= 0.3 is 5.97 Å². The molecule has 2 amide bonds. The zero-order valence-electron chi connectivity index (χ0n) is 31.8. The molecule has 0 N–H and O–H groups in total. The molecule has 12 heteroatoms. The molecule has 0 aliphatic carbocycles. The average Bonchev–Trinajstić information content (AvgIpc) is 3.54. The molecular weight excluding hydrogens is 707 g/mol. The lowest BCUT2D eigenvalue weighted by Gasteiger charge is -2.40. The van der Waals surface area contributed by atoms with Crippen LogP contribution in [0, 0.1) is 5.41 Å². The van der Waals surface area contributed by atoms with Crippen LogP contribution < -0.4 is 9.64 Å². The van der Waals surface area contributed by atoms with Crippen LogP contribution in [-0.4, -0.2) is 65.7 Å². The Morgan fingerprint density at radius 3 is 2.44 bits per heavy atom. The molecule has 1 saturated heterocycles. The average molecular weight is 756 g/mol. The first-order valence-electron chi connectivity index (χ1n) is 19.1. The van der Waals surface area contributed by atoms with Crippen molar-refractivity contribution in [2.75, 3.05) is 24.5 Å². The minimum Gasteiger partial charge on any atom is -0.744 e. The highest BCUT2D eigenvalue weighted by atomic mass is 32.2.